The minimum atomic E-state index is -0.0206. The zero-order valence-electron chi connectivity index (χ0n) is 14.1. The van der Waals surface area contributed by atoms with Gasteiger partial charge in [-0.1, -0.05) is 62.6 Å². The topological polar surface area (TPSA) is 26.3 Å². The first-order chi connectivity index (χ1) is 10.8. The molecule has 124 valence electrons. The summed E-state index contributed by atoms with van der Waals surface area (Å²) in [4.78, 5) is 11.9. The molecule has 0 saturated heterocycles. The van der Waals surface area contributed by atoms with E-state index >= 15 is 0 Å². The van der Waals surface area contributed by atoms with Gasteiger partial charge in [-0.15, -0.1) is 0 Å². The van der Waals surface area contributed by atoms with Gasteiger partial charge < -0.3 is 4.74 Å². The Kier molecular flexibility index (Phi) is 11.4. The molecule has 22 heavy (non-hydrogen) atoms. The maximum atomic E-state index is 11.9. The largest absolute Gasteiger partial charge is 0.462 e. The zero-order chi connectivity index (χ0) is 15.9. The molecule has 0 aliphatic carbocycles. The van der Waals surface area contributed by atoms with Crippen LogP contribution < -0.4 is 0 Å². The average Bonchev–Trinajstić information content (AvgIpc) is 2.50. The van der Waals surface area contributed by atoms with Crippen molar-refractivity contribution in [3.63, 3.8) is 0 Å². The van der Waals surface area contributed by atoms with Crippen molar-refractivity contribution in [1.82, 2.24) is 0 Å². The van der Waals surface area contributed by atoms with Crippen LogP contribution in [0.2, 0.25) is 0 Å². The fourth-order valence-electron chi connectivity index (χ4n) is 2.58. The lowest BCUT2D eigenvalue weighted by molar-refractivity contribution is -0.149. The van der Waals surface area contributed by atoms with E-state index in [9.17, 15) is 4.79 Å². The summed E-state index contributed by atoms with van der Waals surface area (Å²) >= 11 is 0. The summed E-state index contributed by atoms with van der Waals surface area (Å²) in [6.45, 7) is 2.14. The second-order valence-electron chi connectivity index (χ2n) is 5.97. The molecule has 2 heteroatoms. The molecule has 1 aliphatic heterocycles. The molecule has 0 spiro atoms. The van der Waals surface area contributed by atoms with Gasteiger partial charge in [0, 0.05) is 12.8 Å². The third-order valence-electron chi connectivity index (χ3n) is 3.85. The van der Waals surface area contributed by atoms with Gasteiger partial charge in [0.2, 0.25) is 0 Å². The summed E-state index contributed by atoms with van der Waals surface area (Å²) in [5.41, 5.74) is 0. The lowest BCUT2D eigenvalue weighted by Gasteiger charge is -2.15. The number of allylic oxidation sites excluding steroid dienone is 5. The van der Waals surface area contributed by atoms with Gasteiger partial charge in [-0.2, -0.15) is 0 Å². The van der Waals surface area contributed by atoms with E-state index in [4.69, 9.17) is 4.74 Å². The Morgan fingerprint density at radius 1 is 0.955 bits per heavy atom. The van der Waals surface area contributed by atoms with Crippen molar-refractivity contribution in [2.75, 3.05) is 0 Å². The predicted octanol–water partition coefficient (Wildman–Crippen LogP) is 5.89. The lowest BCUT2D eigenvalue weighted by Crippen LogP contribution is -2.17. The van der Waals surface area contributed by atoms with E-state index in [1.807, 2.05) is 0 Å². The minimum Gasteiger partial charge on any atom is -0.462 e. The van der Waals surface area contributed by atoms with E-state index in [1.54, 1.807) is 0 Å². The first kappa shape index (κ1) is 18.7. The fraction of sp³-hybridized carbons (Fsp3) is 0.650. The number of carbonyl (C=O) groups excluding carboxylic acids is 1. The Labute approximate surface area is 136 Å². The molecular formula is C20H32O2. The number of esters is 1. The van der Waals surface area contributed by atoms with Crippen LogP contribution in [0.25, 0.3) is 0 Å². The Morgan fingerprint density at radius 3 is 2.41 bits per heavy atom. The predicted molar refractivity (Wildman–Crippen MR) is 93.8 cm³/mol. The van der Waals surface area contributed by atoms with E-state index in [1.165, 1.54) is 12.8 Å². The number of hydrogen-bond donors (Lipinski definition) is 0. The molecule has 1 rings (SSSR count). The second-order valence-corrected chi connectivity index (χ2v) is 5.97. The van der Waals surface area contributed by atoms with Crippen LogP contribution in [0.5, 0.6) is 0 Å². The van der Waals surface area contributed by atoms with E-state index in [2.05, 4.69) is 43.4 Å². The fourth-order valence-corrected chi connectivity index (χ4v) is 2.58. The molecule has 0 saturated carbocycles. The van der Waals surface area contributed by atoms with Gasteiger partial charge in [0.1, 0.15) is 6.10 Å². The zero-order valence-corrected chi connectivity index (χ0v) is 14.1. The Balaban J connectivity index is 2.48. The van der Waals surface area contributed by atoms with Crippen LogP contribution in [0.1, 0.15) is 77.6 Å². The van der Waals surface area contributed by atoms with Crippen LogP contribution in [-0.2, 0) is 9.53 Å². The van der Waals surface area contributed by atoms with Gasteiger partial charge in [0.15, 0.2) is 0 Å². The van der Waals surface area contributed by atoms with Crippen LogP contribution in [0, 0.1) is 0 Å². The molecule has 1 heterocycles. The molecule has 0 aromatic rings. The van der Waals surface area contributed by atoms with Crippen LogP contribution in [0.15, 0.2) is 36.5 Å². The third-order valence-corrected chi connectivity index (χ3v) is 3.85. The standard InChI is InChI=1S/C20H32O2/c1-2-16-19-17-14-12-10-8-6-4-3-5-7-9-11-13-15-18-20(21)22-19/h3,5-6,8,12,14,19H,2,4,7,9-11,13,15-18H2,1H3/b5-3-,8-6-,14-12-. The monoisotopic (exact) mass is 304 g/mol. The van der Waals surface area contributed by atoms with Crippen LogP contribution in [0.4, 0.5) is 0 Å². The summed E-state index contributed by atoms with van der Waals surface area (Å²) in [5.74, 6) is -0.0206. The number of carbonyl (C=O) groups is 1. The van der Waals surface area contributed by atoms with Crippen molar-refractivity contribution in [2.45, 2.75) is 83.7 Å². The summed E-state index contributed by atoms with van der Waals surface area (Å²) in [6, 6.07) is 0. The highest BCUT2D eigenvalue weighted by molar-refractivity contribution is 5.69. The molecule has 0 aromatic carbocycles. The molecule has 0 N–H and O–H groups in total. The first-order valence-electron chi connectivity index (χ1n) is 8.97. The highest BCUT2D eigenvalue weighted by atomic mass is 16.5. The van der Waals surface area contributed by atoms with Gasteiger partial charge in [0.05, 0.1) is 0 Å². The molecule has 0 bridgehead atoms. The van der Waals surface area contributed by atoms with Crippen LogP contribution in [-0.4, -0.2) is 12.1 Å². The number of hydrogen-bond acceptors (Lipinski definition) is 2. The highest BCUT2D eigenvalue weighted by Crippen LogP contribution is 2.12. The summed E-state index contributed by atoms with van der Waals surface area (Å²) < 4.78 is 5.62. The smallest absolute Gasteiger partial charge is 0.306 e. The van der Waals surface area contributed by atoms with Crippen molar-refractivity contribution in [1.29, 1.82) is 0 Å². The SMILES string of the molecule is CCCC1C/C=C\C/C=C\C/C=C\CCCCCCC(=O)O1. The van der Waals surface area contributed by atoms with Crippen LogP contribution in [0.3, 0.4) is 0 Å². The molecule has 0 amide bonds. The Bertz CT molecular complexity index is 366. The van der Waals surface area contributed by atoms with Gasteiger partial charge in [-0.25, -0.2) is 0 Å². The maximum Gasteiger partial charge on any atom is 0.306 e. The molecule has 1 atom stereocenters. The number of rotatable bonds is 2. The van der Waals surface area contributed by atoms with E-state index in [0.29, 0.717) is 6.42 Å². The summed E-state index contributed by atoms with van der Waals surface area (Å²) in [6.07, 6.45) is 24.4. The van der Waals surface area contributed by atoms with Crippen molar-refractivity contribution in [3.05, 3.63) is 36.5 Å². The Hall–Kier alpha value is -1.31. The van der Waals surface area contributed by atoms with Gasteiger partial charge in [-0.3, -0.25) is 4.79 Å². The molecule has 1 unspecified atom stereocenters. The maximum absolute atomic E-state index is 11.9. The lowest BCUT2D eigenvalue weighted by atomic mass is 10.1. The van der Waals surface area contributed by atoms with Gasteiger partial charge in [0.25, 0.3) is 0 Å². The van der Waals surface area contributed by atoms with Crippen molar-refractivity contribution < 1.29 is 9.53 Å². The average molecular weight is 304 g/mol. The first-order valence-corrected chi connectivity index (χ1v) is 8.97. The van der Waals surface area contributed by atoms with Crippen molar-refractivity contribution in [2.24, 2.45) is 0 Å². The minimum absolute atomic E-state index is 0.0206. The molecule has 2 nitrogen and oxygen atoms in total. The summed E-state index contributed by atoms with van der Waals surface area (Å²) in [7, 11) is 0. The number of cyclic esters (lactones) is 1. The van der Waals surface area contributed by atoms with Crippen molar-refractivity contribution >= 4 is 5.97 Å². The quantitative estimate of drug-likeness (QED) is 0.469. The second kappa shape index (κ2) is 13.4. The number of ether oxygens (including phenoxy) is 1. The summed E-state index contributed by atoms with van der Waals surface area (Å²) in [5, 5.41) is 0. The molecular weight excluding hydrogens is 272 g/mol. The third kappa shape index (κ3) is 10.4. The highest BCUT2D eigenvalue weighted by Gasteiger charge is 2.11. The molecule has 1 aliphatic rings. The van der Waals surface area contributed by atoms with E-state index in [0.717, 1.165) is 51.4 Å². The Morgan fingerprint density at radius 2 is 1.64 bits per heavy atom. The van der Waals surface area contributed by atoms with Gasteiger partial charge >= 0.3 is 5.97 Å². The molecule has 0 radical (unpaired) electrons. The normalized spacial score (nSPS) is 27.1. The van der Waals surface area contributed by atoms with E-state index in [-0.39, 0.29) is 12.1 Å². The molecule has 0 aromatic heterocycles. The van der Waals surface area contributed by atoms with Crippen molar-refractivity contribution in [3.8, 4) is 0 Å². The molecule has 0 fully saturated rings. The van der Waals surface area contributed by atoms with Crippen LogP contribution >= 0.6 is 0 Å². The van der Waals surface area contributed by atoms with Gasteiger partial charge in [-0.05, 0) is 38.5 Å². The van der Waals surface area contributed by atoms with E-state index < -0.39 is 0 Å².